The van der Waals surface area contributed by atoms with E-state index in [0.717, 1.165) is 50.4 Å². The number of carbonyl (C=O) groups excluding carboxylic acids is 1. The number of anilines is 1. The van der Waals surface area contributed by atoms with Crippen LogP contribution in [0.2, 0.25) is 0 Å². The Kier molecular flexibility index (Phi) is 5.50. The summed E-state index contributed by atoms with van der Waals surface area (Å²) in [5.41, 5.74) is 2.05. The fourth-order valence-electron chi connectivity index (χ4n) is 2.36. The van der Waals surface area contributed by atoms with E-state index >= 15 is 0 Å². The highest BCUT2D eigenvalue weighted by Gasteiger charge is 2.19. The quantitative estimate of drug-likeness (QED) is 0.854. The summed E-state index contributed by atoms with van der Waals surface area (Å²) in [4.78, 5) is 25.1. The molecular weight excluding hydrogens is 266 g/mol. The van der Waals surface area contributed by atoms with Gasteiger partial charge in [-0.3, -0.25) is 4.79 Å². The minimum atomic E-state index is 0.141. The first-order valence-corrected chi connectivity index (χ1v) is 7.70. The number of likely N-dealkylation sites (N-methyl/N-ethyl adjacent to an activating group) is 1. The Labute approximate surface area is 126 Å². The lowest BCUT2D eigenvalue weighted by molar-refractivity contribution is -0.130. The van der Waals surface area contributed by atoms with Crippen LogP contribution in [0.25, 0.3) is 0 Å². The Hall–Kier alpha value is -1.69. The molecule has 6 heteroatoms. The van der Waals surface area contributed by atoms with Gasteiger partial charge in [0.15, 0.2) is 0 Å². The average molecular weight is 291 g/mol. The number of hydrogen-bond donors (Lipinski definition) is 1. The molecule has 1 aliphatic rings. The van der Waals surface area contributed by atoms with Crippen molar-refractivity contribution in [3.8, 4) is 0 Å². The van der Waals surface area contributed by atoms with Gasteiger partial charge in [-0.2, -0.15) is 0 Å². The van der Waals surface area contributed by atoms with Gasteiger partial charge in [0, 0.05) is 44.6 Å². The van der Waals surface area contributed by atoms with E-state index in [9.17, 15) is 4.79 Å². The smallest absolute Gasteiger partial charge is 0.242 e. The Bertz CT molecular complexity index is 463. The predicted octanol–water partition coefficient (Wildman–Crippen LogP) is 0.469. The van der Waals surface area contributed by atoms with E-state index in [1.807, 2.05) is 22.9 Å². The zero-order chi connectivity index (χ0) is 15.2. The number of nitrogens with zero attached hydrogens (tertiary/aromatic N) is 4. The fourth-order valence-corrected chi connectivity index (χ4v) is 2.36. The minimum absolute atomic E-state index is 0.141. The second-order valence-corrected chi connectivity index (χ2v) is 5.34. The lowest BCUT2D eigenvalue weighted by atomic mass is 10.2. The van der Waals surface area contributed by atoms with Crippen LogP contribution < -0.4 is 10.2 Å². The zero-order valence-electron chi connectivity index (χ0n) is 13.2. The van der Waals surface area contributed by atoms with Gasteiger partial charge in [0.25, 0.3) is 0 Å². The Morgan fingerprint density at radius 2 is 1.81 bits per heavy atom. The third-order valence-corrected chi connectivity index (χ3v) is 3.73. The highest BCUT2D eigenvalue weighted by molar-refractivity contribution is 5.80. The molecule has 2 rings (SSSR count). The second kappa shape index (κ2) is 7.36. The maximum Gasteiger partial charge on any atom is 0.242 e. The largest absolute Gasteiger partial charge is 0.339 e. The van der Waals surface area contributed by atoms with E-state index in [2.05, 4.69) is 29.1 Å². The van der Waals surface area contributed by atoms with Gasteiger partial charge in [-0.05, 0) is 18.9 Å². The topological polar surface area (TPSA) is 61.4 Å². The SMILES string of the molecule is CCc1cc(CC)nc(N(C)CC(=O)N2CCNCC2)n1. The molecule has 0 atom stereocenters. The van der Waals surface area contributed by atoms with Crippen LogP contribution in [0.1, 0.15) is 25.2 Å². The molecule has 1 aliphatic heterocycles. The molecule has 0 radical (unpaired) electrons. The Morgan fingerprint density at radius 1 is 1.24 bits per heavy atom. The van der Waals surface area contributed by atoms with Gasteiger partial charge in [0.1, 0.15) is 0 Å². The van der Waals surface area contributed by atoms with Crippen molar-refractivity contribution in [1.29, 1.82) is 0 Å². The van der Waals surface area contributed by atoms with Crippen molar-refractivity contribution in [2.24, 2.45) is 0 Å². The molecule has 0 bridgehead atoms. The van der Waals surface area contributed by atoms with E-state index in [1.165, 1.54) is 0 Å². The van der Waals surface area contributed by atoms with Crippen molar-refractivity contribution < 1.29 is 4.79 Å². The molecule has 1 aromatic rings. The van der Waals surface area contributed by atoms with Crippen molar-refractivity contribution in [2.45, 2.75) is 26.7 Å². The molecule has 1 saturated heterocycles. The van der Waals surface area contributed by atoms with E-state index in [-0.39, 0.29) is 5.91 Å². The first kappa shape index (κ1) is 15.7. The van der Waals surface area contributed by atoms with Crippen LogP contribution in [0.5, 0.6) is 0 Å². The number of piperazine rings is 1. The van der Waals surface area contributed by atoms with Crippen molar-refractivity contribution in [1.82, 2.24) is 20.2 Å². The Morgan fingerprint density at radius 3 is 2.33 bits per heavy atom. The summed E-state index contributed by atoms with van der Waals surface area (Å²) in [7, 11) is 1.88. The first-order valence-electron chi connectivity index (χ1n) is 7.70. The Balaban J connectivity index is 2.04. The van der Waals surface area contributed by atoms with Gasteiger partial charge in [0.05, 0.1) is 6.54 Å². The summed E-state index contributed by atoms with van der Waals surface area (Å²) in [6.07, 6.45) is 1.75. The van der Waals surface area contributed by atoms with Gasteiger partial charge in [0.2, 0.25) is 11.9 Å². The summed E-state index contributed by atoms with van der Waals surface area (Å²) in [6, 6.07) is 2.04. The molecule has 0 unspecified atom stereocenters. The van der Waals surface area contributed by atoms with Crippen LogP contribution in [-0.2, 0) is 17.6 Å². The van der Waals surface area contributed by atoms with Gasteiger partial charge in [-0.25, -0.2) is 9.97 Å². The summed E-state index contributed by atoms with van der Waals surface area (Å²) in [5.74, 6) is 0.789. The van der Waals surface area contributed by atoms with Gasteiger partial charge < -0.3 is 15.1 Å². The van der Waals surface area contributed by atoms with E-state index in [0.29, 0.717) is 12.5 Å². The number of carbonyl (C=O) groups is 1. The van der Waals surface area contributed by atoms with E-state index < -0.39 is 0 Å². The monoisotopic (exact) mass is 291 g/mol. The van der Waals surface area contributed by atoms with E-state index in [4.69, 9.17) is 0 Å². The van der Waals surface area contributed by atoms with Crippen LogP contribution in [0.3, 0.4) is 0 Å². The second-order valence-electron chi connectivity index (χ2n) is 5.34. The molecule has 0 spiro atoms. The summed E-state index contributed by atoms with van der Waals surface area (Å²) in [6.45, 7) is 7.80. The lowest BCUT2D eigenvalue weighted by Crippen LogP contribution is -2.49. The molecule has 2 heterocycles. The molecule has 0 saturated carbocycles. The molecule has 1 N–H and O–H groups in total. The van der Waals surface area contributed by atoms with Gasteiger partial charge >= 0.3 is 0 Å². The molecule has 0 aromatic carbocycles. The molecule has 1 fully saturated rings. The van der Waals surface area contributed by atoms with Gasteiger partial charge in [-0.1, -0.05) is 13.8 Å². The number of amides is 1. The van der Waals surface area contributed by atoms with Crippen molar-refractivity contribution >= 4 is 11.9 Å². The molecule has 21 heavy (non-hydrogen) atoms. The average Bonchev–Trinajstić information content (AvgIpc) is 2.54. The zero-order valence-corrected chi connectivity index (χ0v) is 13.2. The minimum Gasteiger partial charge on any atom is -0.339 e. The number of hydrogen-bond acceptors (Lipinski definition) is 5. The van der Waals surface area contributed by atoms with Crippen molar-refractivity contribution in [3.05, 3.63) is 17.5 Å². The van der Waals surface area contributed by atoms with Crippen LogP contribution in [-0.4, -0.2) is 60.5 Å². The maximum atomic E-state index is 12.3. The highest BCUT2D eigenvalue weighted by Crippen LogP contribution is 2.11. The fraction of sp³-hybridized carbons (Fsp3) is 0.667. The van der Waals surface area contributed by atoms with Crippen molar-refractivity contribution in [3.63, 3.8) is 0 Å². The maximum absolute atomic E-state index is 12.3. The van der Waals surface area contributed by atoms with Crippen LogP contribution >= 0.6 is 0 Å². The summed E-state index contributed by atoms with van der Waals surface area (Å²) >= 11 is 0. The third kappa shape index (κ3) is 4.14. The predicted molar refractivity (Wildman–Crippen MR) is 83.5 cm³/mol. The molecular formula is C15H25N5O. The van der Waals surface area contributed by atoms with Gasteiger partial charge in [-0.15, -0.1) is 0 Å². The number of aryl methyl sites for hydroxylation is 2. The molecule has 6 nitrogen and oxygen atoms in total. The molecule has 1 aromatic heterocycles. The van der Waals surface area contributed by atoms with Crippen LogP contribution in [0.15, 0.2) is 6.07 Å². The lowest BCUT2D eigenvalue weighted by Gasteiger charge is -2.29. The van der Waals surface area contributed by atoms with Crippen molar-refractivity contribution in [2.75, 3.05) is 44.7 Å². The standard InChI is InChI=1S/C15H25N5O/c1-4-12-10-13(5-2)18-15(17-12)19(3)11-14(21)20-8-6-16-7-9-20/h10,16H,4-9,11H2,1-3H3. The third-order valence-electron chi connectivity index (χ3n) is 3.73. The molecule has 1 amide bonds. The molecule has 116 valence electrons. The number of rotatable bonds is 5. The highest BCUT2D eigenvalue weighted by atomic mass is 16.2. The summed E-state index contributed by atoms with van der Waals surface area (Å²) in [5, 5.41) is 3.25. The normalized spacial score (nSPS) is 15.1. The number of nitrogens with one attached hydrogen (secondary N) is 1. The number of aromatic nitrogens is 2. The van der Waals surface area contributed by atoms with Crippen LogP contribution in [0, 0.1) is 0 Å². The molecule has 0 aliphatic carbocycles. The first-order chi connectivity index (χ1) is 10.1. The van der Waals surface area contributed by atoms with Crippen LogP contribution in [0.4, 0.5) is 5.95 Å². The summed E-state index contributed by atoms with van der Waals surface area (Å²) < 4.78 is 0. The van der Waals surface area contributed by atoms with E-state index in [1.54, 1.807) is 0 Å².